The summed E-state index contributed by atoms with van der Waals surface area (Å²) in [4.78, 5) is 12.9. The summed E-state index contributed by atoms with van der Waals surface area (Å²) in [5.41, 5.74) is 1.57. The van der Waals surface area contributed by atoms with Crippen molar-refractivity contribution in [2.75, 3.05) is 32.2 Å². The minimum Gasteiger partial charge on any atom is -0.497 e. The Morgan fingerprint density at radius 1 is 0.909 bits per heavy atom. The van der Waals surface area contributed by atoms with Crippen molar-refractivity contribution in [2.45, 2.75) is 33.6 Å². The molecule has 1 N–H and O–H groups in total. The smallest absolute Gasteiger partial charge is 0.257 e. The van der Waals surface area contributed by atoms with Gasteiger partial charge in [-0.25, -0.2) is 0 Å². The molecule has 0 bridgehead atoms. The summed E-state index contributed by atoms with van der Waals surface area (Å²) >= 11 is 1.36. The molecule has 8 nitrogen and oxygen atoms in total. The molecule has 0 spiro atoms. The van der Waals surface area contributed by atoms with Crippen LogP contribution in [0, 0.1) is 0 Å². The highest BCUT2D eigenvalue weighted by Gasteiger charge is 2.19. The Morgan fingerprint density at radius 3 is 2.12 bits per heavy atom. The van der Waals surface area contributed by atoms with Crippen molar-refractivity contribution in [1.82, 2.24) is 10.2 Å². The molecule has 0 fully saturated rings. The van der Waals surface area contributed by atoms with E-state index in [4.69, 9.17) is 18.9 Å². The van der Waals surface area contributed by atoms with Crippen LogP contribution in [0.25, 0.3) is 0 Å². The molecule has 9 heteroatoms. The highest BCUT2D eigenvalue weighted by Crippen LogP contribution is 2.39. The summed E-state index contributed by atoms with van der Waals surface area (Å²) in [6, 6.07) is 11.2. The molecule has 0 aliphatic carbocycles. The summed E-state index contributed by atoms with van der Waals surface area (Å²) < 4.78 is 22.3. The average Bonchev–Trinajstić information content (AvgIpc) is 3.27. The van der Waals surface area contributed by atoms with Crippen LogP contribution in [-0.2, 0) is 12.8 Å². The number of methoxy groups -OCH3 is 1. The lowest BCUT2D eigenvalue weighted by Crippen LogP contribution is -2.13. The lowest BCUT2D eigenvalue weighted by Gasteiger charge is -2.16. The van der Waals surface area contributed by atoms with E-state index in [9.17, 15) is 4.79 Å². The van der Waals surface area contributed by atoms with Gasteiger partial charge in [0.1, 0.15) is 10.8 Å². The maximum atomic E-state index is 12.9. The van der Waals surface area contributed by atoms with Gasteiger partial charge in [0.2, 0.25) is 10.9 Å². The maximum Gasteiger partial charge on any atom is 0.257 e. The van der Waals surface area contributed by atoms with E-state index in [1.807, 2.05) is 45.0 Å². The number of nitrogens with zero attached hydrogens (tertiary/aromatic N) is 2. The largest absolute Gasteiger partial charge is 0.497 e. The quantitative estimate of drug-likeness (QED) is 0.406. The number of carbonyl (C=O) groups is 1. The first-order valence-corrected chi connectivity index (χ1v) is 11.7. The molecular weight excluding hydrogens is 442 g/mol. The standard InChI is InChI=1S/C24H29N3O5S/c1-5-30-19-14-17(15-20(31-6-2)22(19)32-7-3)23(28)25-24-27-26-21(33-24)13-10-16-8-11-18(29-4)12-9-16/h8-9,11-12,14-15H,5-7,10,13H2,1-4H3,(H,25,27,28). The molecule has 176 valence electrons. The van der Waals surface area contributed by atoms with E-state index in [2.05, 4.69) is 15.5 Å². The molecule has 0 saturated heterocycles. The van der Waals surface area contributed by atoms with Crippen LogP contribution in [0.3, 0.4) is 0 Å². The van der Waals surface area contributed by atoms with Gasteiger partial charge in [0.15, 0.2) is 11.5 Å². The molecule has 1 aromatic heterocycles. The molecule has 2 aromatic carbocycles. The number of amides is 1. The fraction of sp³-hybridized carbons (Fsp3) is 0.375. The van der Waals surface area contributed by atoms with Gasteiger partial charge in [0, 0.05) is 12.0 Å². The van der Waals surface area contributed by atoms with Gasteiger partial charge < -0.3 is 18.9 Å². The zero-order valence-electron chi connectivity index (χ0n) is 19.3. The van der Waals surface area contributed by atoms with Gasteiger partial charge in [-0.3, -0.25) is 10.1 Å². The van der Waals surface area contributed by atoms with Crippen LogP contribution in [0.5, 0.6) is 23.0 Å². The topological polar surface area (TPSA) is 91.8 Å². The number of rotatable bonds is 12. The third-order valence-corrected chi connectivity index (χ3v) is 5.54. The van der Waals surface area contributed by atoms with Crippen molar-refractivity contribution in [2.24, 2.45) is 0 Å². The Morgan fingerprint density at radius 2 is 1.55 bits per heavy atom. The Hall–Kier alpha value is -3.33. The van der Waals surface area contributed by atoms with Crippen LogP contribution < -0.4 is 24.3 Å². The molecule has 0 unspecified atom stereocenters. The molecule has 0 saturated carbocycles. The average molecular weight is 472 g/mol. The van der Waals surface area contributed by atoms with E-state index in [1.165, 1.54) is 16.9 Å². The number of hydrogen-bond acceptors (Lipinski definition) is 8. The molecule has 0 radical (unpaired) electrons. The van der Waals surface area contributed by atoms with Crippen molar-refractivity contribution >= 4 is 22.4 Å². The predicted molar refractivity (Wildman–Crippen MR) is 128 cm³/mol. The zero-order chi connectivity index (χ0) is 23.6. The Balaban J connectivity index is 1.69. The summed E-state index contributed by atoms with van der Waals surface area (Å²) in [6.07, 6.45) is 1.55. The number of aryl methyl sites for hydroxylation is 2. The summed E-state index contributed by atoms with van der Waals surface area (Å²) in [7, 11) is 1.65. The second-order valence-corrected chi connectivity index (χ2v) is 7.97. The van der Waals surface area contributed by atoms with Crippen LogP contribution in [0.4, 0.5) is 5.13 Å². The zero-order valence-corrected chi connectivity index (χ0v) is 20.2. The van der Waals surface area contributed by atoms with E-state index < -0.39 is 0 Å². The van der Waals surface area contributed by atoms with Crippen LogP contribution in [0.15, 0.2) is 36.4 Å². The number of carbonyl (C=O) groups excluding carboxylic acids is 1. The van der Waals surface area contributed by atoms with Crippen molar-refractivity contribution in [3.63, 3.8) is 0 Å². The molecule has 0 aliphatic heterocycles. The third-order valence-electron chi connectivity index (χ3n) is 4.65. The van der Waals surface area contributed by atoms with Crippen molar-refractivity contribution in [1.29, 1.82) is 0 Å². The number of aromatic nitrogens is 2. The first kappa shape index (κ1) is 24.3. The van der Waals surface area contributed by atoms with Crippen LogP contribution >= 0.6 is 11.3 Å². The Bertz CT molecular complexity index is 1030. The fourth-order valence-electron chi connectivity index (χ4n) is 3.14. The SMILES string of the molecule is CCOc1cc(C(=O)Nc2nnc(CCc3ccc(OC)cc3)s2)cc(OCC)c1OCC. The molecule has 33 heavy (non-hydrogen) atoms. The first-order chi connectivity index (χ1) is 16.1. The van der Waals surface area contributed by atoms with Crippen molar-refractivity contribution < 1.29 is 23.7 Å². The van der Waals surface area contributed by atoms with Gasteiger partial charge in [-0.15, -0.1) is 10.2 Å². The Kier molecular flexibility index (Phi) is 8.88. The predicted octanol–water partition coefficient (Wildman–Crippen LogP) is 4.78. The van der Waals surface area contributed by atoms with Crippen LogP contribution in [-0.4, -0.2) is 43.0 Å². The molecule has 0 aliphatic rings. The maximum absolute atomic E-state index is 12.9. The number of ether oxygens (including phenoxy) is 4. The molecular formula is C24H29N3O5S. The van der Waals surface area contributed by atoms with E-state index >= 15 is 0 Å². The minimum absolute atomic E-state index is 0.321. The normalized spacial score (nSPS) is 10.5. The van der Waals surface area contributed by atoms with E-state index in [1.54, 1.807) is 19.2 Å². The molecule has 3 aromatic rings. The number of benzene rings is 2. The third kappa shape index (κ3) is 6.58. The summed E-state index contributed by atoms with van der Waals surface area (Å²) in [6.45, 7) is 6.95. The second-order valence-electron chi connectivity index (χ2n) is 6.90. The van der Waals surface area contributed by atoms with E-state index in [-0.39, 0.29) is 5.91 Å². The Labute approximate surface area is 197 Å². The van der Waals surface area contributed by atoms with Gasteiger partial charge in [-0.05, 0) is 57.0 Å². The molecule has 3 rings (SSSR count). The van der Waals surface area contributed by atoms with Gasteiger partial charge in [0.05, 0.1) is 26.9 Å². The van der Waals surface area contributed by atoms with Crippen LogP contribution in [0.1, 0.15) is 41.7 Å². The van der Waals surface area contributed by atoms with Gasteiger partial charge in [-0.1, -0.05) is 23.5 Å². The van der Waals surface area contributed by atoms with Crippen molar-refractivity contribution in [3.05, 3.63) is 52.5 Å². The summed E-state index contributed by atoms with van der Waals surface area (Å²) in [5.74, 6) is 1.93. The second kappa shape index (κ2) is 12.1. The lowest BCUT2D eigenvalue weighted by molar-refractivity contribution is 0.102. The van der Waals surface area contributed by atoms with E-state index in [0.717, 1.165) is 23.6 Å². The fourth-order valence-corrected chi connectivity index (χ4v) is 3.87. The number of nitrogens with one attached hydrogen (secondary N) is 1. The first-order valence-electron chi connectivity index (χ1n) is 10.9. The molecule has 0 atom stereocenters. The summed E-state index contributed by atoms with van der Waals surface area (Å²) in [5, 5.41) is 12.4. The molecule has 1 amide bonds. The number of hydrogen-bond donors (Lipinski definition) is 1. The van der Waals surface area contributed by atoms with E-state index in [0.29, 0.717) is 47.8 Å². The van der Waals surface area contributed by atoms with Crippen LogP contribution in [0.2, 0.25) is 0 Å². The molecule has 1 heterocycles. The van der Waals surface area contributed by atoms with Gasteiger partial charge >= 0.3 is 0 Å². The van der Waals surface area contributed by atoms with Gasteiger partial charge in [0.25, 0.3) is 5.91 Å². The lowest BCUT2D eigenvalue weighted by atomic mass is 10.1. The van der Waals surface area contributed by atoms with Crippen molar-refractivity contribution in [3.8, 4) is 23.0 Å². The highest BCUT2D eigenvalue weighted by atomic mass is 32.1. The minimum atomic E-state index is -0.321. The van der Waals surface area contributed by atoms with Gasteiger partial charge in [-0.2, -0.15) is 0 Å². The monoisotopic (exact) mass is 471 g/mol. The highest BCUT2D eigenvalue weighted by molar-refractivity contribution is 7.15. The number of anilines is 1.